The summed E-state index contributed by atoms with van der Waals surface area (Å²) in [6.07, 6.45) is 4.95. The van der Waals surface area contributed by atoms with Crippen molar-refractivity contribution >= 4 is 55.1 Å². The van der Waals surface area contributed by atoms with Crippen molar-refractivity contribution in [2.24, 2.45) is 0 Å². The first-order valence-corrected chi connectivity index (χ1v) is 14.7. The van der Waals surface area contributed by atoms with Crippen LogP contribution < -0.4 is 14.4 Å². The lowest BCUT2D eigenvalue weighted by atomic mass is 10.1. The van der Waals surface area contributed by atoms with Crippen LogP contribution in [0.1, 0.15) is 38.2 Å². The summed E-state index contributed by atoms with van der Waals surface area (Å²) in [5.74, 6) is -0.545. The summed E-state index contributed by atoms with van der Waals surface area (Å²) >= 11 is 9.57. The topological polar surface area (TPSA) is 96.0 Å². The molecule has 0 aromatic heterocycles. The van der Waals surface area contributed by atoms with E-state index in [1.807, 2.05) is 24.3 Å². The maximum absolute atomic E-state index is 13.7. The molecule has 0 spiro atoms. The molecule has 1 atom stereocenters. The number of sulfonamides is 1. The number of amides is 2. The SMILES string of the molecule is COc1ccc(Cl)cc1N(CC(=O)N(Cc1cccc(Br)c1)[C@H](C)C(=O)NC1CCCC1)S(C)(=O)=O. The normalized spacial score (nSPS) is 14.8. The standard InChI is InChI=1S/C25H31BrClN3O5S/c1-17(25(32)28-21-9-4-5-10-21)29(15-18-7-6-8-19(26)13-18)24(31)16-30(36(3,33)34)22-14-20(27)11-12-23(22)35-2/h6-8,11-14,17,21H,4-5,9-10,15-16H2,1-3H3,(H,28,32)/t17-/m1/s1. The van der Waals surface area contributed by atoms with Crippen LogP contribution in [0.5, 0.6) is 5.75 Å². The lowest BCUT2D eigenvalue weighted by Crippen LogP contribution is -2.52. The molecule has 1 fully saturated rings. The summed E-state index contributed by atoms with van der Waals surface area (Å²) in [6.45, 7) is 1.26. The van der Waals surface area contributed by atoms with Gasteiger partial charge < -0.3 is 15.0 Å². The molecule has 3 rings (SSSR count). The Hall–Kier alpha value is -2.30. The molecule has 1 saturated carbocycles. The second kappa shape index (κ2) is 12.3. The largest absolute Gasteiger partial charge is 0.495 e. The van der Waals surface area contributed by atoms with Crippen LogP contribution in [0.2, 0.25) is 5.02 Å². The van der Waals surface area contributed by atoms with Crippen LogP contribution in [-0.2, 0) is 26.2 Å². The summed E-state index contributed by atoms with van der Waals surface area (Å²) in [6, 6.07) is 11.2. The van der Waals surface area contributed by atoms with E-state index in [1.54, 1.807) is 13.0 Å². The van der Waals surface area contributed by atoms with Crippen molar-refractivity contribution < 1.29 is 22.7 Å². The second-order valence-electron chi connectivity index (χ2n) is 8.90. The average Bonchev–Trinajstić information content (AvgIpc) is 3.32. The Balaban J connectivity index is 1.93. The van der Waals surface area contributed by atoms with Crippen LogP contribution in [0.3, 0.4) is 0 Å². The van der Waals surface area contributed by atoms with E-state index >= 15 is 0 Å². The van der Waals surface area contributed by atoms with E-state index in [4.69, 9.17) is 16.3 Å². The quantitative estimate of drug-likeness (QED) is 0.437. The molecule has 196 valence electrons. The number of ether oxygens (including phenoxy) is 1. The fraction of sp³-hybridized carbons (Fsp3) is 0.440. The molecule has 8 nitrogen and oxygen atoms in total. The first kappa shape index (κ1) is 28.3. The van der Waals surface area contributed by atoms with Gasteiger partial charge in [-0.05, 0) is 55.7 Å². The molecule has 2 amide bonds. The molecule has 1 aliphatic carbocycles. The molecule has 1 N–H and O–H groups in total. The minimum Gasteiger partial charge on any atom is -0.495 e. The average molecular weight is 601 g/mol. The van der Waals surface area contributed by atoms with E-state index in [-0.39, 0.29) is 29.9 Å². The van der Waals surface area contributed by atoms with Gasteiger partial charge in [-0.15, -0.1) is 0 Å². The fourth-order valence-corrected chi connectivity index (χ4v) is 5.72. The number of nitrogens with one attached hydrogen (secondary N) is 1. The third-order valence-electron chi connectivity index (χ3n) is 6.20. The van der Waals surface area contributed by atoms with Gasteiger partial charge in [-0.1, -0.05) is 52.5 Å². The number of rotatable bonds is 10. The van der Waals surface area contributed by atoms with E-state index in [2.05, 4.69) is 21.2 Å². The van der Waals surface area contributed by atoms with E-state index in [1.165, 1.54) is 24.1 Å². The van der Waals surface area contributed by atoms with Crippen molar-refractivity contribution in [2.75, 3.05) is 24.2 Å². The van der Waals surface area contributed by atoms with Gasteiger partial charge in [0.15, 0.2) is 0 Å². The zero-order valence-corrected chi connectivity index (χ0v) is 23.7. The Morgan fingerprint density at radius 1 is 1.19 bits per heavy atom. The molecule has 11 heteroatoms. The van der Waals surface area contributed by atoms with Crippen LogP contribution in [0.15, 0.2) is 46.9 Å². The van der Waals surface area contributed by atoms with Crippen LogP contribution in [0, 0.1) is 0 Å². The number of anilines is 1. The van der Waals surface area contributed by atoms with Crippen molar-refractivity contribution in [1.82, 2.24) is 10.2 Å². The molecular weight excluding hydrogens is 570 g/mol. The Morgan fingerprint density at radius 3 is 2.50 bits per heavy atom. The van der Waals surface area contributed by atoms with Crippen LogP contribution in [0.4, 0.5) is 5.69 Å². The van der Waals surface area contributed by atoms with Crippen LogP contribution >= 0.6 is 27.5 Å². The van der Waals surface area contributed by atoms with Gasteiger partial charge in [0.05, 0.1) is 19.1 Å². The van der Waals surface area contributed by atoms with E-state index in [0.29, 0.717) is 5.02 Å². The predicted octanol–water partition coefficient (Wildman–Crippen LogP) is 4.35. The van der Waals surface area contributed by atoms with Crippen molar-refractivity contribution in [2.45, 2.75) is 51.2 Å². The number of hydrogen-bond acceptors (Lipinski definition) is 5. The number of halogens is 2. The minimum absolute atomic E-state index is 0.0889. The molecule has 0 bridgehead atoms. The molecular formula is C25H31BrClN3O5S. The maximum Gasteiger partial charge on any atom is 0.244 e. The zero-order valence-electron chi connectivity index (χ0n) is 20.5. The Bertz CT molecular complexity index is 1200. The Labute approximate surface area is 226 Å². The molecule has 2 aromatic carbocycles. The number of benzene rings is 2. The van der Waals surface area contributed by atoms with E-state index in [0.717, 1.165) is 46.3 Å². The van der Waals surface area contributed by atoms with Crippen molar-refractivity contribution in [3.05, 3.63) is 57.5 Å². The van der Waals surface area contributed by atoms with Gasteiger partial charge in [0, 0.05) is 22.1 Å². The Kier molecular flexibility index (Phi) is 9.66. The van der Waals surface area contributed by atoms with Crippen molar-refractivity contribution in [3.8, 4) is 5.75 Å². The third-order valence-corrected chi connectivity index (χ3v) is 8.05. The van der Waals surface area contributed by atoms with Gasteiger partial charge in [0.25, 0.3) is 0 Å². The minimum atomic E-state index is -3.90. The summed E-state index contributed by atoms with van der Waals surface area (Å²) in [4.78, 5) is 28.2. The second-order valence-corrected chi connectivity index (χ2v) is 12.2. The van der Waals surface area contributed by atoms with Gasteiger partial charge in [-0.25, -0.2) is 8.42 Å². The highest BCUT2D eigenvalue weighted by molar-refractivity contribution is 9.10. The number of hydrogen-bond donors (Lipinski definition) is 1. The summed E-state index contributed by atoms with van der Waals surface area (Å²) in [5, 5.41) is 3.33. The van der Waals surface area contributed by atoms with Crippen LogP contribution in [-0.4, -0.2) is 57.1 Å². The number of nitrogens with zero attached hydrogens (tertiary/aromatic N) is 2. The third kappa shape index (κ3) is 7.36. The highest BCUT2D eigenvalue weighted by Gasteiger charge is 2.32. The van der Waals surface area contributed by atoms with Gasteiger partial charge >= 0.3 is 0 Å². The number of carbonyl (C=O) groups excluding carboxylic acids is 2. The summed E-state index contributed by atoms with van der Waals surface area (Å²) in [7, 11) is -2.49. The highest BCUT2D eigenvalue weighted by atomic mass is 79.9. The molecule has 1 aliphatic rings. The van der Waals surface area contributed by atoms with Gasteiger partial charge in [-0.3, -0.25) is 13.9 Å². The fourth-order valence-electron chi connectivity index (χ4n) is 4.26. The lowest BCUT2D eigenvalue weighted by Gasteiger charge is -2.32. The molecule has 2 aromatic rings. The summed E-state index contributed by atoms with van der Waals surface area (Å²) in [5.41, 5.74) is 0.941. The molecule has 0 aliphatic heterocycles. The molecule has 0 unspecified atom stereocenters. The maximum atomic E-state index is 13.7. The van der Waals surface area contributed by atoms with Crippen LogP contribution in [0.25, 0.3) is 0 Å². The first-order valence-electron chi connectivity index (χ1n) is 11.6. The lowest BCUT2D eigenvalue weighted by molar-refractivity contribution is -0.139. The first-order chi connectivity index (χ1) is 17.0. The van der Waals surface area contributed by atoms with Gasteiger partial charge in [-0.2, -0.15) is 0 Å². The van der Waals surface area contributed by atoms with Crippen molar-refractivity contribution in [3.63, 3.8) is 0 Å². The monoisotopic (exact) mass is 599 g/mol. The zero-order chi connectivity index (χ0) is 26.5. The molecule has 0 radical (unpaired) electrons. The van der Waals surface area contributed by atoms with E-state index < -0.39 is 28.5 Å². The van der Waals surface area contributed by atoms with Gasteiger partial charge in [0.2, 0.25) is 21.8 Å². The number of methoxy groups -OCH3 is 1. The van der Waals surface area contributed by atoms with E-state index in [9.17, 15) is 18.0 Å². The predicted molar refractivity (Wildman–Crippen MR) is 145 cm³/mol. The van der Waals surface area contributed by atoms with Crippen molar-refractivity contribution in [1.29, 1.82) is 0 Å². The Morgan fingerprint density at radius 2 is 1.89 bits per heavy atom. The molecule has 0 saturated heterocycles. The molecule has 0 heterocycles. The smallest absolute Gasteiger partial charge is 0.244 e. The summed E-state index contributed by atoms with van der Waals surface area (Å²) < 4.78 is 32.7. The van der Waals surface area contributed by atoms with Gasteiger partial charge in [0.1, 0.15) is 18.3 Å². The highest BCUT2D eigenvalue weighted by Crippen LogP contribution is 2.33. The number of carbonyl (C=O) groups is 2. The molecule has 36 heavy (non-hydrogen) atoms.